The molecule has 2 saturated heterocycles. The lowest BCUT2D eigenvalue weighted by atomic mass is 10.2. The number of amides is 3. The Morgan fingerprint density at radius 3 is 2.71 bits per heavy atom. The molecule has 0 spiro atoms. The first kappa shape index (κ1) is 10.8. The smallest absolute Gasteiger partial charge is 0.312 e. The Balaban J connectivity index is 2.03. The molecule has 1 unspecified atom stereocenters. The van der Waals surface area contributed by atoms with E-state index in [1.807, 2.05) is 18.2 Å². The fraction of sp³-hybridized carbons (Fsp3) is 0.333. The summed E-state index contributed by atoms with van der Waals surface area (Å²) in [4.78, 5) is 27.3. The van der Waals surface area contributed by atoms with Gasteiger partial charge in [-0.15, -0.1) is 0 Å². The highest BCUT2D eigenvalue weighted by atomic mass is 79.9. The first-order valence-electron chi connectivity index (χ1n) is 5.59. The molecule has 0 bridgehead atoms. The molecule has 4 nitrogen and oxygen atoms in total. The second kappa shape index (κ2) is 3.84. The van der Waals surface area contributed by atoms with Gasteiger partial charge in [-0.25, -0.2) is 9.69 Å². The van der Waals surface area contributed by atoms with Crippen LogP contribution in [0, 0.1) is 0 Å². The molecule has 1 atom stereocenters. The molecule has 2 aliphatic rings. The summed E-state index contributed by atoms with van der Waals surface area (Å²) in [7, 11) is 0. The van der Waals surface area contributed by atoms with E-state index >= 15 is 0 Å². The standard InChI is InChI=1S/C12H11BrN2O2/c13-8-4-1-2-5-9(8)15-11(16)10-6-3-7-14(10)12(15)17/h1-2,4-5,10H,3,6-7H2. The maximum absolute atomic E-state index is 12.2. The highest BCUT2D eigenvalue weighted by Crippen LogP contribution is 2.34. The number of urea groups is 1. The third-order valence-corrected chi connectivity index (χ3v) is 3.96. The minimum Gasteiger partial charge on any atom is -0.312 e. The summed E-state index contributed by atoms with van der Waals surface area (Å²) < 4.78 is 0.767. The number of rotatable bonds is 1. The lowest BCUT2D eigenvalue weighted by Gasteiger charge is -2.16. The van der Waals surface area contributed by atoms with Crippen LogP contribution in [-0.4, -0.2) is 29.4 Å². The molecular formula is C12H11BrN2O2. The van der Waals surface area contributed by atoms with Gasteiger partial charge in [0.05, 0.1) is 5.69 Å². The first-order chi connectivity index (χ1) is 8.20. The van der Waals surface area contributed by atoms with E-state index in [4.69, 9.17) is 0 Å². The molecule has 3 amide bonds. The number of imide groups is 1. The molecule has 0 aliphatic carbocycles. The van der Waals surface area contributed by atoms with Gasteiger partial charge >= 0.3 is 6.03 Å². The predicted molar refractivity (Wildman–Crippen MR) is 66.8 cm³/mol. The monoisotopic (exact) mass is 294 g/mol. The van der Waals surface area contributed by atoms with Gasteiger partial charge in [0.2, 0.25) is 0 Å². The Morgan fingerprint density at radius 2 is 2.00 bits per heavy atom. The normalized spacial score (nSPS) is 23.5. The summed E-state index contributed by atoms with van der Waals surface area (Å²) in [5.41, 5.74) is 0.636. The lowest BCUT2D eigenvalue weighted by Crippen LogP contribution is -2.33. The second-order valence-electron chi connectivity index (χ2n) is 4.26. The van der Waals surface area contributed by atoms with Crippen LogP contribution in [0.1, 0.15) is 12.8 Å². The largest absolute Gasteiger partial charge is 0.332 e. The van der Waals surface area contributed by atoms with Crippen molar-refractivity contribution in [2.75, 3.05) is 11.4 Å². The maximum atomic E-state index is 12.2. The van der Waals surface area contributed by atoms with E-state index in [2.05, 4.69) is 15.9 Å². The van der Waals surface area contributed by atoms with Crippen molar-refractivity contribution in [2.24, 2.45) is 0 Å². The number of hydrogen-bond acceptors (Lipinski definition) is 2. The van der Waals surface area contributed by atoms with Gasteiger partial charge in [-0.05, 0) is 40.9 Å². The van der Waals surface area contributed by atoms with Gasteiger partial charge in [0.1, 0.15) is 6.04 Å². The zero-order valence-corrected chi connectivity index (χ0v) is 10.7. The highest BCUT2D eigenvalue weighted by molar-refractivity contribution is 9.10. The number of fused-ring (bicyclic) bond motifs is 1. The molecule has 0 radical (unpaired) electrons. The Hall–Kier alpha value is -1.36. The molecule has 1 aromatic rings. The van der Waals surface area contributed by atoms with Gasteiger partial charge in [0.25, 0.3) is 5.91 Å². The highest BCUT2D eigenvalue weighted by Gasteiger charge is 2.48. The van der Waals surface area contributed by atoms with Crippen molar-refractivity contribution in [3.05, 3.63) is 28.7 Å². The molecule has 2 heterocycles. The fourth-order valence-corrected chi connectivity index (χ4v) is 2.94. The number of carbonyl (C=O) groups is 2. The number of hydrogen-bond donors (Lipinski definition) is 0. The van der Waals surface area contributed by atoms with Crippen molar-refractivity contribution in [3.8, 4) is 0 Å². The minimum atomic E-state index is -0.241. The topological polar surface area (TPSA) is 40.6 Å². The Morgan fingerprint density at radius 1 is 1.24 bits per heavy atom. The molecule has 2 aliphatic heterocycles. The summed E-state index contributed by atoms with van der Waals surface area (Å²) in [6, 6.07) is 6.87. The van der Waals surface area contributed by atoms with Gasteiger partial charge in [0.15, 0.2) is 0 Å². The van der Waals surface area contributed by atoms with Crippen LogP contribution >= 0.6 is 15.9 Å². The summed E-state index contributed by atoms with van der Waals surface area (Å²) in [6.07, 6.45) is 1.71. The van der Waals surface area contributed by atoms with E-state index in [1.54, 1.807) is 11.0 Å². The molecule has 0 N–H and O–H groups in total. The number of halogens is 1. The Labute approximate surface area is 107 Å². The van der Waals surface area contributed by atoms with Crippen LogP contribution in [-0.2, 0) is 4.79 Å². The molecular weight excluding hydrogens is 284 g/mol. The first-order valence-corrected chi connectivity index (χ1v) is 6.38. The van der Waals surface area contributed by atoms with E-state index in [9.17, 15) is 9.59 Å². The molecule has 0 saturated carbocycles. The van der Waals surface area contributed by atoms with Crippen LogP contribution < -0.4 is 4.90 Å². The molecule has 2 fully saturated rings. The van der Waals surface area contributed by atoms with Crippen LogP contribution in [0.2, 0.25) is 0 Å². The molecule has 3 rings (SSSR count). The third-order valence-electron chi connectivity index (χ3n) is 3.29. The average molecular weight is 295 g/mol. The Bertz CT molecular complexity index is 481. The van der Waals surface area contributed by atoms with E-state index in [1.165, 1.54) is 4.90 Å². The van der Waals surface area contributed by atoms with Crippen LogP contribution in [0.3, 0.4) is 0 Å². The number of nitrogens with zero attached hydrogens (tertiary/aromatic N) is 2. The van der Waals surface area contributed by atoms with Gasteiger partial charge in [-0.1, -0.05) is 12.1 Å². The molecule has 1 aromatic carbocycles. The van der Waals surface area contributed by atoms with Gasteiger partial charge in [-0.2, -0.15) is 0 Å². The van der Waals surface area contributed by atoms with Crippen LogP contribution in [0.25, 0.3) is 0 Å². The number of para-hydroxylation sites is 1. The van der Waals surface area contributed by atoms with E-state index in [0.29, 0.717) is 12.2 Å². The van der Waals surface area contributed by atoms with Crippen molar-refractivity contribution >= 4 is 33.6 Å². The SMILES string of the molecule is O=C1C2CCCN2C(=O)N1c1ccccc1Br. The van der Waals surface area contributed by atoms with E-state index in [0.717, 1.165) is 17.3 Å². The quantitative estimate of drug-likeness (QED) is 0.746. The van der Waals surface area contributed by atoms with Crippen molar-refractivity contribution in [2.45, 2.75) is 18.9 Å². The van der Waals surface area contributed by atoms with Crippen LogP contribution in [0.5, 0.6) is 0 Å². The number of carbonyl (C=O) groups excluding carboxylic acids is 2. The number of benzene rings is 1. The molecule has 0 aromatic heterocycles. The third kappa shape index (κ3) is 1.49. The summed E-state index contributed by atoms with van der Waals surface area (Å²) >= 11 is 3.38. The average Bonchev–Trinajstić information content (AvgIpc) is 2.87. The van der Waals surface area contributed by atoms with Crippen molar-refractivity contribution in [1.82, 2.24) is 4.90 Å². The molecule has 5 heteroatoms. The summed E-state index contributed by atoms with van der Waals surface area (Å²) in [5, 5.41) is 0. The lowest BCUT2D eigenvalue weighted by molar-refractivity contribution is -0.119. The predicted octanol–water partition coefficient (Wildman–Crippen LogP) is 2.38. The van der Waals surface area contributed by atoms with Crippen LogP contribution in [0.15, 0.2) is 28.7 Å². The van der Waals surface area contributed by atoms with Crippen LogP contribution in [0.4, 0.5) is 10.5 Å². The van der Waals surface area contributed by atoms with Gasteiger partial charge < -0.3 is 4.90 Å². The Kier molecular flexibility index (Phi) is 2.43. The van der Waals surface area contributed by atoms with Crippen molar-refractivity contribution in [1.29, 1.82) is 0 Å². The fourth-order valence-electron chi connectivity index (χ4n) is 2.48. The van der Waals surface area contributed by atoms with E-state index in [-0.39, 0.29) is 18.0 Å². The maximum Gasteiger partial charge on any atom is 0.332 e. The molecule has 17 heavy (non-hydrogen) atoms. The van der Waals surface area contributed by atoms with E-state index < -0.39 is 0 Å². The van der Waals surface area contributed by atoms with Crippen molar-refractivity contribution < 1.29 is 9.59 Å². The minimum absolute atomic E-state index is 0.0978. The van der Waals surface area contributed by atoms with Crippen molar-refractivity contribution in [3.63, 3.8) is 0 Å². The van der Waals surface area contributed by atoms with Gasteiger partial charge in [0, 0.05) is 11.0 Å². The molecule has 88 valence electrons. The summed E-state index contributed by atoms with van der Waals surface area (Å²) in [6.45, 7) is 0.691. The summed E-state index contributed by atoms with van der Waals surface area (Å²) in [5.74, 6) is -0.0978. The second-order valence-corrected chi connectivity index (χ2v) is 5.11. The zero-order chi connectivity index (χ0) is 12.0. The zero-order valence-electron chi connectivity index (χ0n) is 9.10. The number of anilines is 1. The van der Waals surface area contributed by atoms with Gasteiger partial charge in [-0.3, -0.25) is 4.79 Å².